The highest BCUT2D eigenvalue weighted by Gasteiger charge is 2.45. The molecule has 1 aliphatic rings. The number of amides is 1. The minimum atomic E-state index is -0.929. The van der Waals surface area contributed by atoms with Gasteiger partial charge in [0.15, 0.2) is 0 Å². The van der Waals surface area contributed by atoms with Crippen molar-refractivity contribution in [1.82, 2.24) is 9.88 Å². The van der Waals surface area contributed by atoms with E-state index in [-0.39, 0.29) is 12.3 Å². The van der Waals surface area contributed by atoms with Crippen LogP contribution in [0.2, 0.25) is 0 Å². The Kier molecular flexibility index (Phi) is 4.34. The number of benzene rings is 1. The van der Waals surface area contributed by atoms with Crippen LogP contribution in [0.3, 0.4) is 0 Å². The molecule has 1 saturated heterocycles. The Labute approximate surface area is 140 Å². The monoisotopic (exact) mass is 324 g/mol. The molecule has 3 rings (SSSR count). The standard InChI is InChI=1S/C19H20N2O3/c1-12-5-6-15(13(2)8-12)18-16(19(23)24)9-17(22)21(18)11-14-4-3-7-20-10-14/h3-8,10,16,18H,9,11H2,1-2H3,(H,23,24)/t16-,18-/m0/s1. The predicted octanol–water partition coefficient (Wildman–Crippen LogP) is 2.87. The molecule has 0 saturated carbocycles. The lowest BCUT2D eigenvalue weighted by Gasteiger charge is -2.28. The maximum Gasteiger partial charge on any atom is 0.309 e. The number of aryl methyl sites for hydroxylation is 2. The van der Waals surface area contributed by atoms with Crippen LogP contribution in [0, 0.1) is 19.8 Å². The van der Waals surface area contributed by atoms with Crippen molar-refractivity contribution in [2.24, 2.45) is 5.92 Å². The fourth-order valence-corrected chi connectivity index (χ4v) is 3.43. The van der Waals surface area contributed by atoms with E-state index in [0.29, 0.717) is 6.54 Å². The van der Waals surface area contributed by atoms with Gasteiger partial charge < -0.3 is 10.0 Å². The topological polar surface area (TPSA) is 70.5 Å². The van der Waals surface area contributed by atoms with Crippen molar-refractivity contribution in [3.8, 4) is 0 Å². The molecule has 24 heavy (non-hydrogen) atoms. The second-order valence-corrected chi connectivity index (χ2v) is 6.34. The lowest BCUT2D eigenvalue weighted by molar-refractivity contribution is -0.142. The second kappa shape index (κ2) is 6.43. The molecule has 2 aromatic rings. The Hall–Kier alpha value is -2.69. The van der Waals surface area contributed by atoms with Crippen molar-refractivity contribution >= 4 is 11.9 Å². The van der Waals surface area contributed by atoms with Crippen LogP contribution in [0.4, 0.5) is 0 Å². The molecular formula is C19H20N2O3. The molecule has 5 nitrogen and oxygen atoms in total. The van der Waals surface area contributed by atoms with Crippen LogP contribution in [-0.2, 0) is 16.1 Å². The van der Waals surface area contributed by atoms with Crippen LogP contribution >= 0.6 is 0 Å². The highest BCUT2D eigenvalue weighted by molar-refractivity contribution is 5.87. The number of pyridine rings is 1. The molecule has 0 aliphatic carbocycles. The first-order valence-corrected chi connectivity index (χ1v) is 7.95. The van der Waals surface area contributed by atoms with E-state index in [4.69, 9.17) is 0 Å². The van der Waals surface area contributed by atoms with E-state index in [0.717, 1.165) is 22.3 Å². The molecule has 1 aromatic carbocycles. The van der Waals surface area contributed by atoms with Gasteiger partial charge in [-0.15, -0.1) is 0 Å². The molecule has 5 heteroatoms. The van der Waals surface area contributed by atoms with Gasteiger partial charge in [-0.3, -0.25) is 14.6 Å². The van der Waals surface area contributed by atoms with Gasteiger partial charge in [0.2, 0.25) is 5.91 Å². The summed E-state index contributed by atoms with van der Waals surface area (Å²) in [5.74, 6) is -1.78. The molecule has 0 radical (unpaired) electrons. The number of aromatic nitrogens is 1. The molecule has 1 aliphatic heterocycles. The molecule has 124 valence electrons. The quantitative estimate of drug-likeness (QED) is 0.939. The number of hydrogen-bond donors (Lipinski definition) is 1. The van der Waals surface area contributed by atoms with Crippen LogP contribution in [0.5, 0.6) is 0 Å². The number of likely N-dealkylation sites (tertiary alicyclic amines) is 1. The lowest BCUT2D eigenvalue weighted by Crippen LogP contribution is -2.30. The van der Waals surface area contributed by atoms with Crippen molar-refractivity contribution in [2.75, 3.05) is 0 Å². The zero-order valence-electron chi connectivity index (χ0n) is 13.8. The summed E-state index contributed by atoms with van der Waals surface area (Å²) in [5.41, 5.74) is 3.93. The zero-order chi connectivity index (χ0) is 17.3. The highest BCUT2D eigenvalue weighted by Crippen LogP contribution is 2.40. The van der Waals surface area contributed by atoms with E-state index in [2.05, 4.69) is 4.98 Å². The van der Waals surface area contributed by atoms with Gasteiger partial charge in [-0.05, 0) is 36.6 Å². The molecule has 0 bridgehead atoms. The first-order valence-electron chi connectivity index (χ1n) is 7.95. The van der Waals surface area contributed by atoms with Gasteiger partial charge in [0, 0.05) is 25.4 Å². The summed E-state index contributed by atoms with van der Waals surface area (Å²) in [4.78, 5) is 30.0. The molecule has 2 heterocycles. The number of carbonyl (C=O) groups is 2. The minimum Gasteiger partial charge on any atom is -0.481 e. The van der Waals surface area contributed by atoms with Gasteiger partial charge in [-0.2, -0.15) is 0 Å². The fourth-order valence-electron chi connectivity index (χ4n) is 3.43. The van der Waals surface area contributed by atoms with Gasteiger partial charge in [-0.1, -0.05) is 29.8 Å². The predicted molar refractivity (Wildman–Crippen MR) is 89.2 cm³/mol. The molecular weight excluding hydrogens is 304 g/mol. The Morgan fingerprint density at radius 3 is 2.75 bits per heavy atom. The Morgan fingerprint density at radius 1 is 1.33 bits per heavy atom. The maximum absolute atomic E-state index is 12.5. The number of rotatable bonds is 4. The largest absolute Gasteiger partial charge is 0.481 e. The number of carboxylic acid groups (broad SMARTS) is 1. The van der Waals surface area contributed by atoms with Crippen LogP contribution in [0.1, 0.15) is 34.7 Å². The summed E-state index contributed by atoms with van der Waals surface area (Å²) in [7, 11) is 0. The normalized spacial score (nSPS) is 20.4. The van der Waals surface area contributed by atoms with Crippen molar-refractivity contribution in [3.63, 3.8) is 0 Å². The van der Waals surface area contributed by atoms with Gasteiger partial charge in [0.25, 0.3) is 0 Å². The number of carbonyl (C=O) groups excluding carboxylic acids is 1. The van der Waals surface area contributed by atoms with Crippen molar-refractivity contribution in [2.45, 2.75) is 32.9 Å². The Balaban J connectivity index is 2.01. The second-order valence-electron chi connectivity index (χ2n) is 6.34. The van der Waals surface area contributed by atoms with E-state index in [1.54, 1.807) is 17.3 Å². The summed E-state index contributed by atoms with van der Waals surface area (Å²) in [6.07, 6.45) is 3.42. The van der Waals surface area contributed by atoms with E-state index in [1.807, 2.05) is 44.2 Å². The number of hydrogen-bond acceptors (Lipinski definition) is 3. The Bertz CT molecular complexity index is 773. The van der Waals surface area contributed by atoms with Gasteiger partial charge in [0.1, 0.15) is 0 Å². The third-order valence-corrected chi connectivity index (χ3v) is 4.57. The average Bonchev–Trinajstić information content (AvgIpc) is 2.86. The number of nitrogens with zero attached hydrogens (tertiary/aromatic N) is 2. The molecule has 2 atom stereocenters. The first kappa shape index (κ1) is 16.2. The minimum absolute atomic E-state index is 0.0353. The van der Waals surface area contributed by atoms with E-state index >= 15 is 0 Å². The maximum atomic E-state index is 12.5. The van der Waals surface area contributed by atoms with E-state index in [1.165, 1.54) is 0 Å². The van der Waals surface area contributed by atoms with Crippen LogP contribution in [-0.4, -0.2) is 26.9 Å². The lowest BCUT2D eigenvalue weighted by atomic mass is 9.90. The SMILES string of the molecule is Cc1ccc([C@H]2[C@@H](C(=O)O)CC(=O)N2Cc2cccnc2)c(C)c1. The summed E-state index contributed by atoms with van der Waals surface area (Å²) in [5, 5.41) is 9.60. The molecule has 1 fully saturated rings. The van der Waals surface area contributed by atoms with Crippen molar-refractivity contribution in [1.29, 1.82) is 0 Å². The zero-order valence-corrected chi connectivity index (χ0v) is 13.8. The third-order valence-electron chi connectivity index (χ3n) is 4.57. The average molecular weight is 324 g/mol. The summed E-state index contributed by atoms with van der Waals surface area (Å²) < 4.78 is 0. The molecule has 1 amide bonds. The van der Waals surface area contributed by atoms with Gasteiger partial charge in [-0.25, -0.2) is 0 Å². The van der Waals surface area contributed by atoms with Gasteiger partial charge >= 0.3 is 5.97 Å². The van der Waals surface area contributed by atoms with Crippen LogP contribution < -0.4 is 0 Å². The first-order chi connectivity index (χ1) is 11.5. The smallest absolute Gasteiger partial charge is 0.309 e. The highest BCUT2D eigenvalue weighted by atomic mass is 16.4. The van der Waals surface area contributed by atoms with E-state index in [9.17, 15) is 14.7 Å². The van der Waals surface area contributed by atoms with Gasteiger partial charge in [0.05, 0.1) is 12.0 Å². The fraction of sp³-hybridized carbons (Fsp3) is 0.316. The summed E-state index contributed by atoms with van der Waals surface area (Å²) >= 11 is 0. The molecule has 1 N–H and O–H groups in total. The molecule has 0 unspecified atom stereocenters. The molecule has 1 aromatic heterocycles. The van der Waals surface area contributed by atoms with Crippen LogP contribution in [0.25, 0.3) is 0 Å². The van der Waals surface area contributed by atoms with Crippen molar-refractivity contribution < 1.29 is 14.7 Å². The Morgan fingerprint density at radius 2 is 2.12 bits per heavy atom. The summed E-state index contributed by atoms with van der Waals surface area (Å²) in [6.45, 7) is 4.33. The summed E-state index contributed by atoms with van der Waals surface area (Å²) in [6, 6.07) is 9.20. The third kappa shape index (κ3) is 3.02. The number of carboxylic acids is 1. The van der Waals surface area contributed by atoms with E-state index < -0.39 is 17.9 Å². The van der Waals surface area contributed by atoms with Crippen molar-refractivity contribution in [3.05, 3.63) is 65.0 Å². The molecule has 0 spiro atoms. The van der Waals surface area contributed by atoms with Crippen LogP contribution in [0.15, 0.2) is 42.7 Å². The number of aliphatic carboxylic acids is 1.